The van der Waals surface area contributed by atoms with Gasteiger partial charge in [-0.2, -0.15) is 0 Å². The summed E-state index contributed by atoms with van der Waals surface area (Å²) in [6.45, 7) is 5.54. The van der Waals surface area contributed by atoms with Crippen LogP contribution in [0.25, 0.3) is 6.08 Å². The number of methoxy groups -OCH3 is 2. The highest BCUT2D eigenvalue weighted by molar-refractivity contribution is 5.92. The molecule has 2 aromatic carbocycles. The molecule has 0 heterocycles. The van der Waals surface area contributed by atoms with Crippen molar-refractivity contribution in [2.24, 2.45) is 0 Å². The van der Waals surface area contributed by atoms with Gasteiger partial charge in [0.25, 0.3) is 0 Å². The minimum Gasteiger partial charge on any atom is -0.497 e. The van der Waals surface area contributed by atoms with Gasteiger partial charge in [0, 0.05) is 18.2 Å². The molecule has 0 spiro atoms. The Morgan fingerprint density at radius 3 is 2.34 bits per heavy atom. The summed E-state index contributed by atoms with van der Waals surface area (Å²) in [6, 6.07) is 11.3. The molecule has 6 heteroatoms. The fourth-order valence-corrected chi connectivity index (χ4v) is 2.78. The lowest BCUT2D eigenvalue weighted by Gasteiger charge is -2.12. The molecule has 0 saturated heterocycles. The Bertz CT molecular complexity index is 832. The molecule has 6 nitrogen and oxygen atoms in total. The molecule has 0 saturated carbocycles. The highest BCUT2D eigenvalue weighted by Crippen LogP contribution is 2.28. The molecule has 0 aliphatic heterocycles. The van der Waals surface area contributed by atoms with E-state index in [1.807, 2.05) is 44.2 Å². The van der Waals surface area contributed by atoms with Crippen LogP contribution in [0.1, 0.15) is 25.0 Å². The summed E-state index contributed by atoms with van der Waals surface area (Å²) in [5.41, 5.74) is 1.84. The van der Waals surface area contributed by atoms with Crippen molar-refractivity contribution in [3.63, 3.8) is 0 Å². The lowest BCUT2D eigenvalue weighted by Crippen LogP contribution is -2.23. The fraction of sp³-hybridized carbons (Fsp3) is 0.348. The number of hydrogen-bond acceptors (Lipinski definition) is 5. The molecule has 0 fully saturated rings. The van der Waals surface area contributed by atoms with Crippen molar-refractivity contribution in [1.82, 2.24) is 5.32 Å². The number of nitrogens with one attached hydrogen (secondary N) is 1. The highest BCUT2D eigenvalue weighted by Gasteiger charge is 2.07. The standard InChI is InChI=1S/C23H29NO5/c1-5-28-21-10-7-17(15-22(21)29-6-2)13-14-24-23(25)12-8-18-16-19(26-3)9-11-20(18)27-4/h7-12,15-16H,5-6,13-14H2,1-4H3,(H,24,25)/b12-8+. The van der Waals surface area contributed by atoms with Gasteiger partial charge in [-0.3, -0.25) is 4.79 Å². The average Bonchev–Trinajstić information content (AvgIpc) is 2.74. The summed E-state index contributed by atoms with van der Waals surface area (Å²) >= 11 is 0. The summed E-state index contributed by atoms with van der Waals surface area (Å²) in [4.78, 5) is 12.2. The molecule has 156 valence electrons. The Hall–Kier alpha value is -3.15. The number of ether oxygens (including phenoxy) is 4. The van der Waals surface area contributed by atoms with Crippen LogP contribution < -0.4 is 24.3 Å². The molecule has 0 bridgehead atoms. The van der Waals surface area contributed by atoms with Crippen molar-refractivity contribution < 1.29 is 23.7 Å². The van der Waals surface area contributed by atoms with E-state index in [4.69, 9.17) is 18.9 Å². The molecular weight excluding hydrogens is 370 g/mol. The van der Waals surface area contributed by atoms with E-state index >= 15 is 0 Å². The van der Waals surface area contributed by atoms with Crippen LogP contribution in [0.2, 0.25) is 0 Å². The number of rotatable bonds is 11. The smallest absolute Gasteiger partial charge is 0.244 e. The Kier molecular flexibility index (Phi) is 8.89. The second-order valence-corrected chi connectivity index (χ2v) is 6.13. The van der Waals surface area contributed by atoms with Gasteiger partial charge >= 0.3 is 0 Å². The predicted octanol–water partition coefficient (Wildman–Crippen LogP) is 3.87. The van der Waals surface area contributed by atoms with Gasteiger partial charge in [-0.25, -0.2) is 0 Å². The van der Waals surface area contributed by atoms with Crippen molar-refractivity contribution >= 4 is 12.0 Å². The van der Waals surface area contributed by atoms with Crippen LogP contribution in [0.4, 0.5) is 0 Å². The Morgan fingerprint density at radius 1 is 0.931 bits per heavy atom. The molecule has 0 radical (unpaired) electrons. The first-order valence-corrected chi connectivity index (χ1v) is 9.67. The van der Waals surface area contributed by atoms with Gasteiger partial charge in [0.1, 0.15) is 11.5 Å². The first-order valence-electron chi connectivity index (χ1n) is 9.67. The van der Waals surface area contributed by atoms with Crippen molar-refractivity contribution in [2.75, 3.05) is 34.0 Å². The number of carbonyl (C=O) groups is 1. The zero-order chi connectivity index (χ0) is 21.1. The van der Waals surface area contributed by atoms with Crippen molar-refractivity contribution in [3.05, 3.63) is 53.6 Å². The van der Waals surface area contributed by atoms with E-state index in [9.17, 15) is 4.79 Å². The highest BCUT2D eigenvalue weighted by atomic mass is 16.5. The quantitative estimate of drug-likeness (QED) is 0.581. The van der Waals surface area contributed by atoms with Crippen LogP contribution in [0.3, 0.4) is 0 Å². The maximum atomic E-state index is 12.2. The number of carbonyl (C=O) groups excluding carboxylic acids is 1. The summed E-state index contributed by atoms with van der Waals surface area (Å²) < 4.78 is 21.7. The molecular formula is C23H29NO5. The summed E-state index contributed by atoms with van der Waals surface area (Å²) in [5.74, 6) is 2.66. The molecule has 1 N–H and O–H groups in total. The second kappa shape index (κ2) is 11.6. The van der Waals surface area contributed by atoms with E-state index in [1.54, 1.807) is 26.4 Å². The van der Waals surface area contributed by atoms with Crippen molar-refractivity contribution in [2.45, 2.75) is 20.3 Å². The third-order valence-electron chi connectivity index (χ3n) is 4.17. The molecule has 0 aliphatic rings. The van der Waals surface area contributed by atoms with Crippen LogP contribution in [-0.2, 0) is 11.2 Å². The molecule has 0 unspecified atom stereocenters. The molecule has 2 rings (SSSR count). The third-order valence-corrected chi connectivity index (χ3v) is 4.17. The molecule has 0 atom stereocenters. The lowest BCUT2D eigenvalue weighted by molar-refractivity contribution is -0.116. The SMILES string of the molecule is CCOc1ccc(CCNC(=O)/C=C/c2cc(OC)ccc2OC)cc1OCC. The minimum absolute atomic E-state index is 0.175. The van der Waals surface area contributed by atoms with E-state index in [0.717, 1.165) is 22.6 Å². The van der Waals surface area contributed by atoms with Crippen LogP contribution in [0.5, 0.6) is 23.0 Å². The molecule has 0 aromatic heterocycles. The van der Waals surface area contributed by atoms with E-state index in [1.165, 1.54) is 6.08 Å². The monoisotopic (exact) mass is 399 g/mol. The van der Waals surface area contributed by atoms with Crippen LogP contribution in [0.15, 0.2) is 42.5 Å². The first kappa shape index (κ1) is 22.1. The summed E-state index contributed by atoms with van der Waals surface area (Å²) in [5, 5.41) is 2.89. The largest absolute Gasteiger partial charge is 0.497 e. The molecule has 1 amide bonds. The number of benzene rings is 2. The molecule has 2 aromatic rings. The lowest BCUT2D eigenvalue weighted by atomic mass is 10.1. The van der Waals surface area contributed by atoms with Gasteiger partial charge in [-0.05, 0) is 62.2 Å². The predicted molar refractivity (Wildman–Crippen MR) is 114 cm³/mol. The van der Waals surface area contributed by atoms with Crippen LogP contribution in [-0.4, -0.2) is 39.9 Å². The Morgan fingerprint density at radius 2 is 1.66 bits per heavy atom. The van der Waals surface area contributed by atoms with Crippen molar-refractivity contribution in [1.29, 1.82) is 0 Å². The Labute approximate surface area is 172 Å². The topological polar surface area (TPSA) is 66.0 Å². The van der Waals surface area contributed by atoms with E-state index < -0.39 is 0 Å². The van der Waals surface area contributed by atoms with Crippen LogP contribution in [0, 0.1) is 0 Å². The fourth-order valence-electron chi connectivity index (χ4n) is 2.78. The van der Waals surface area contributed by atoms with Gasteiger partial charge in [0.05, 0.1) is 27.4 Å². The minimum atomic E-state index is -0.175. The molecule has 0 aliphatic carbocycles. The maximum Gasteiger partial charge on any atom is 0.244 e. The van der Waals surface area contributed by atoms with Gasteiger partial charge in [0.15, 0.2) is 11.5 Å². The summed E-state index contributed by atoms with van der Waals surface area (Å²) in [6.07, 6.45) is 3.89. The normalized spacial score (nSPS) is 10.6. The Balaban J connectivity index is 1.93. The van der Waals surface area contributed by atoms with E-state index in [-0.39, 0.29) is 5.91 Å². The third kappa shape index (κ3) is 6.75. The first-order chi connectivity index (χ1) is 14.1. The number of hydrogen-bond donors (Lipinski definition) is 1. The van der Waals surface area contributed by atoms with Gasteiger partial charge in [0.2, 0.25) is 5.91 Å². The average molecular weight is 399 g/mol. The van der Waals surface area contributed by atoms with Gasteiger partial charge < -0.3 is 24.3 Å². The summed E-state index contributed by atoms with van der Waals surface area (Å²) in [7, 11) is 3.19. The zero-order valence-corrected chi connectivity index (χ0v) is 17.5. The second-order valence-electron chi connectivity index (χ2n) is 6.13. The van der Waals surface area contributed by atoms with Crippen molar-refractivity contribution in [3.8, 4) is 23.0 Å². The zero-order valence-electron chi connectivity index (χ0n) is 17.5. The number of amides is 1. The van der Waals surface area contributed by atoms with Gasteiger partial charge in [-0.1, -0.05) is 6.07 Å². The maximum absolute atomic E-state index is 12.2. The van der Waals surface area contributed by atoms with Gasteiger partial charge in [-0.15, -0.1) is 0 Å². The molecule has 29 heavy (non-hydrogen) atoms. The van der Waals surface area contributed by atoms with E-state index in [0.29, 0.717) is 37.7 Å². The van der Waals surface area contributed by atoms with E-state index in [2.05, 4.69) is 5.32 Å². The van der Waals surface area contributed by atoms with Crippen LogP contribution >= 0.6 is 0 Å².